The number of tetrazole rings is 1. The number of amides is 1. The molecule has 3 aromatic heterocycles. The van der Waals surface area contributed by atoms with E-state index in [1.165, 1.54) is 0 Å². The molecule has 1 fully saturated rings. The van der Waals surface area contributed by atoms with Crippen molar-refractivity contribution in [3.63, 3.8) is 0 Å². The summed E-state index contributed by atoms with van der Waals surface area (Å²) in [6.45, 7) is 3.28. The molecule has 36 heavy (non-hydrogen) atoms. The van der Waals surface area contributed by atoms with Gasteiger partial charge in [0, 0.05) is 31.3 Å². The molecule has 1 saturated heterocycles. The lowest BCUT2D eigenvalue weighted by molar-refractivity contribution is -0.120. The zero-order valence-electron chi connectivity index (χ0n) is 19.0. The Hall–Kier alpha value is -4.66. The average Bonchev–Trinajstić information content (AvgIpc) is 3.53. The van der Waals surface area contributed by atoms with Gasteiger partial charge in [0.1, 0.15) is 16.5 Å². The van der Waals surface area contributed by atoms with Crippen molar-refractivity contribution in [3.05, 3.63) is 46.5 Å². The number of rotatable bonds is 8. The molecule has 1 aliphatic heterocycles. The van der Waals surface area contributed by atoms with Crippen molar-refractivity contribution in [2.45, 2.75) is 13.5 Å². The second-order valence-corrected chi connectivity index (χ2v) is 8.82. The topological polar surface area (TPSA) is 187 Å². The first-order valence-electron chi connectivity index (χ1n) is 10.9. The number of anilines is 4. The first kappa shape index (κ1) is 23.1. The van der Waals surface area contributed by atoms with Crippen LogP contribution in [0.15, 0.2) is 30.3 Å². The third-order valence-electron chi connectivity index (χ3n) is 5.35. The van der Waals surface area contributed by atoms with Crippen LogP contribution in [0.2, 0.25) is 0 Å². The number of nitrogens with zero attached hydrogens (tertiary/aromatic N) is 7. The molecule has 0 bridgehead atoms. The van der Waals surface area contributed by atoms with E-state index in [4.69, 9.17) is 0 Å². The Kier molecular flexibility index (Phi) is 6.36. The smallest absolute Gasteiger partial charge is 0.347 e. The van der Waals surface area contributed by atoms with Crippen LogP contribution in [-0.4, -0.2) is 72.2 Å². The number of thiazole rings is 1. The van der Waals surface area contributed by atoms with Crippen molar-refractivity contribution < 1.29 is 14.7 Å². The van der Waals surface area contributed by atoms with E-state index in [0.717, 1.165) is 22.5 Å². The monoisotopic (exact) mass is 507 g/mol. The number of carboxylic acid groups (broad SMARTS) is 1. The summed E-state index contributed by atoms with van der Waals surface area (Å²) >= 11 is 0.998. The van der Waals surface area contributed by atoms with Gasteiger partial charge in [0.2, 0.25) is 17.7 Å². The maximum absolute atomic E-state index is 12.0. The predicted molar refractivity (Wildman–Crippen MR) is 131 cm³/mol. The number of hydrogen-bond donors (Lipinski definition) is 5. The molecule has 5 N–H and O–H groups in total. The fourth-order valence-electron chi connectivity index (χ4n) is 3.68. The minimum atomic E-state index is -1.05. The molecular formula is C21H21N11O3S. The van der Waals surface area contributed by atoms with Crippen molar-refractivity contribution in [1.29, 1.82) is 0 Å². The number of H-pyrrole nitrogens is 1. The molecule has 1 aromatic carbocycles. The molecule has 5 rings (SSSR count). The van der Waals surface area contributed by atoms with E-state index in [-0.39, 0.29) is 23.3 Å². The van der Waals surface area contributed by atoms with Crippen LogP contribution in [0.3, 0.4) is 0 Å². The van der Waals surface area contributed by atoms with Gasteiger partial charge < -0.3 is 20.6 Å². The molecule has 1 aliphatic rings. The van der Waals surface area contributed by atoms with Crippen molar-refractivity contribution in [3.8, 4) is 11.4 Å². The number of nitrogens with one attached hydrogen (secondary N) is 4. The fourth-order valence-corrected chi connectivity index (χ4v) is 4.47. The zero-order chi connectivity index (χ0) is 25.1. The predicted octanol–water partition coefficient (Wildman–Crippen LogP) is 1.41. The van der Waals surface area contributed by atoms with Gasteiger partial charge >= 0.3 is 5.97 Å². The number of carbonyl (C=O) groups is 2. The van der Waals surface area contributed by atoms with Crippen LogP contribution in [-0.2, 0) is 11.3 Å². The van der Waals surface area contributed by atoms with Gasteiger partial charge in [-0.3, -0.25) is 10.1 Å². The number of benzene rings is 1. The van der Waals surface area contributed by atoms with E-state index in [0.29, 0.717) is 47.9 Å². The number of carboxylic acids is 1. The van der Waals surface area contributed by atoms with Crippen LogP contribution in [0.1, 0.15) is 20.9 Å². The van der Waals surface area contributed by atoms with Crippen molar-refractivity contribution in [2.24, 2.45) is 0 Å². The Bertz CT molecular complexity index is 1410. The van der Waals surface area contributed by atoms with E-state index in [1.807, 2.05) is 29.2 Å². The molecule has 0 saturated carbocycles. The maximum atomic E-state index is 12.0. The van der Waals surface area contributed by atoms with Gasteiger partial charge in [0.05, 0.1) is 12.2 Å². The fraction of sp³-hybridized carbons (Fsp3) is 0.238. The van der Waals surface area contributed by atoms with Crippen molar-refractivity contribution in [1.82, 2.24) is 40.9 Å². The Morgan fingerprint density at radius 2 is 2.11 bits per heavy atom. The highest BCUT2D eigenvalue weighted by Crippen LogP contribution is 2.27. The number of piperazine rings is 1. The number of aromatic nitrogens is 7. The highest BCUT2D eigenvalue weighted by Gasteiger charge is 2.20. The molecule has 0 spiro atoms. The van der Waals surface area contributed by atoms with E-state index < -0.39 is 5.97 Å². The Morgan fingerprint density at radius 3 is 2.86 bits per heavy atom. The molecule has 184 valence electrons. The number of aromatic amines is 1. The lowest BCUT2D eigenvalue weighted by Gasteiger charge is -2.28. The molecule has 0 unspecified atom stereocenters. The van der Waals surface area contributed by atoms with E-state index in [2.05, 4.69) is 51.5 Å². The van der Waals surface area contributed by atoms with Crippen LogP contribution in [0, 0.1) is 6.92 Å². The molecule has 14 nitrogen and oxygen atoms in total. The third kappa shape index (κ3) is 5.05. The Labute approximate surface area is 208 Å². The van der Waals surface area contributed by atoms with E-state index in [1.54, 1.807) is 13.0 Å². The molecule has 0 radical (unpaired) electrons. The Morgan fingerprint density at radius 1 is 1.25 bits per heavy atom. The number of aromatic carboxylic acids is 1. The molecule has 1 amide bonds. The molecule has 4 heterocycles. The highest BCUT2D eigenvalue weighted by molar-refractivity contribution is 7.17. The second kappa shape index (κ2) is 9.91. The molecule has 0 aliphatic carbocycles. The van der Waals surface area contributed by atoms with Crippen LogP contribution >= 0.6 is 11.3 Å². The lowest BCUT2D eigenvalue weighted by atomic mass is 10.1. The number of carbonyl (C=O) groups excluding carboxylic acids is 1. The third-order valence-corrected chi connectivity index (χ3v) is 6.41. The van der Waals surface area contributed by atoms with Crippen molar-refractivity contribution >= 4 is 45.9 Å². The van der Waals surface area contributed by atoms with Gasteiger partial charge in [0.15, 0.2) is 5.13 Å². The second-order valence-electron chi connectivity index (χ2n) is 7.82. The molecular weight excluding hydrogens is 486 g/mol. The molecule has 0 atom stereocenters. The van der Waals surface area contributed by atoms with Gasteiger partial charge in [-0.05, 0) is 17.7 Å². The standard InChI is InChI=1S/C21H21N11O3S/c1-11-17(19(34)35)36-21(24-11)27-20-25-14(8-15(26-20)32-7-6-22-16(33)10-32)23-9-12-4-2-3-5-13(12)18-28-30-31-29-18/h2-5,8H,6-7,9-10H2,1H3,(H,22,33)(H,34,35)(H,28,29,30,31)(H2,23,24,25,26,27). The molecule has 15 heteroatoms. The zero-order valence-corrected chi connectivity index (χ0v) is 19.8. The highest BCUT2D eigenvalue weighted by atomic mass is 32.1. The van der Waals surface area contributed by atoms with Gasteiger partial charge in [0.25, 0.3) is 0 Å². The largest absolute Gasteiger partial charge is 0.477 e. The summed E-state index contributed by atoms with van der Waals surface area (Å²) in [5.41, 5.74) is 2.14. The van der Waals surface area contributed by atoms with Gasteiger partial charge in [-0.1, -0.05) is 35.6 Å². The summed E-state index contributed by atoms with van der Waals surface area (Å²) in [6.07, 6.45) is 0. The van der Waals surface area contributed by atoms with Crippen molar-refractivity contribution in [2.75, 3.05) is 35.2 Å². The van der Waals surface area contributed by atoms with Gasteiger partial charge in [-0.2, -0.15) is 15.2 Å². The van der Waals surface area contributed by atoms with Crippen LogP contribution in [0.5, 0.6) is 0 Å². The average molecular weight is 508 g/mol. The summed E-state index contributed by atoms with van der Waals surface area (Å²) in [7, 11) is 0. The summed E-state index contributed by atoms with van der Waals surface area (Å²) in [6, 6.07) is 9.41. The summed E-state index contributed by atoms with van der Waals surface area (Å²) in [5, 5.41) is 33.0. The minimum absolute atomic E-state index is 0.0976. The first-order valence-corrected chi connectivity index (χ1v) is 11.7. The quantitative estimate of drug-likeness (QED) is 0.231. The van der Waals surface area contributed by atoms with Crippen LogP contribution in [0.25, 0.3) is 11.4 Å². The van der Waals surface area contributed by atoms with E-state index >= 15 is 0 Å². The SMILES string of the molecule is Cc1nc(Nc2nc(NCc3ccccc3-c3nn[nH]n3)cc(N3CCNC(=O)C3)n2)sc1C(=O)O. The summed E-state index contributed by atoms with van der Waals surface area (Å²) in [5.74, 6) is 0.601. The normalized spacial score (nSPS) is 13.4. The van der Waals surface area contributed by atoms with Gasteiger partial charge in [-0.25, -0.2) is 9.78 Å². The number of hydrogen-bond acceptors (Lipinski definition) is 12. The summed E-state index contributed by atoms with van der Waals surface area (Å²) in [4.78, 5) is 38.7. The maximum Gasteiger partial charge on any atom is 0.347 e. The minimum Gasteiger partial charge on any atom is -0.477 e. The van der Waals surface area contributed by atoms with E-state index in [9.17, 15) is 14.7 Å². The van der Waals surface area contributed by atoms with Gasteiger partial charge in [-0.15, -0.1) is 10.2 Å². The summed E-state index contributed by atoms with van der Waals surface area (Å²) < 4.78 is 0. The van der Waals surface area contributed by atoms with Crippen LogP contribution in [0.4, 0.5) is 22.7 Å². The number of aryl methyl sites for hydroxylation is 1. The lowest BCUT2D eigenvalue weighted by Crippen LogP contribution is -2.48. The molecule has 4 aromatic rings. The first-order chi connectivity index (χ1) is 17.5. The van der Waals surface area contributed by atoms with Crippen LogP contribution < -0.4 is 20.9 Å². The Balaban J connectivity index is 1.43.